The smallest absolute Gasteiger partial charge is 0.325 e. The maximum Gasteiger partial charge on any atom is 0.325 e. The van der Waals surface area contributed by atoms with Gasteiger partial charge in [-0.05, 0) is 29.8 Å². The third-order valence-corrected chi connectivity index (χ3v) is 1.58. The molecule has 0 saturated heterocycles. The van der Waals surface area contributed by atoms with Crippen molar-refractivity contribution >= 4 is 12.2 Å². The van der Waals surface area contributed by atoms with Crippen LogP contribution in [0.2, 0.25) is 0 Å². The molecule has 0 fully saturated rings. The van der Waals surface area contributed by atoms with Crippen LogP contribution in [0.1, 0.15) is 5.56 Å². The minimum absolute atomic E-state index is 0.202. The zero-order valence-corrected chi connectivity index (χ0v) is 7.80. The summed E-state index contributed by atoms with van der Waals surface area (Å²) in [5, 5.41) is 8.34. The summed E-state index contributed by atoms with van der Waals surface area (Å²) in [6.07, 6.45) is 1.52. The molecule has 1 rings (SSSR count). The molecule has 0 aromatic heterocycles. The molecule has 1 N–H and O–H groups in total. The molecule has 0 aliphatic carbocycles. The topological polar surface area (TPSA) is 58.9 Å². The predicted molar refractivity (Wildman–Crippen MR) is 53.1 cm³/mol. The van der Waals surface area contributed by atoms with Crippen molar-refractivity contribution in [2.45, 2.75) is 0 Å². The molecule has 0 radical (unpaired) electrons. The molecule has 0 aliphatic rings. The van der Waals surface area contributed by atoms with Crippen LogP contribution < -0.4 is 4.74 Å². The number of hydrogen-bond donors (Lipinski definition) is 1. The highest BCUT2D eigenvalue weighted by Gasteiger charge is 1.92. The molecule has 0 atom stereocenters. The van der Waals surface area contributed by atoms with Crippen LogP contribution in [-0.2, 0) is 4.79 Å². The highest BCUT2D eigenvalue weighted by atomic mass is 16.5. The summed E-state index contributed by atoms with van der Waals surface area (Å²) >= 11 is 0. The third-order valence-electron chi connectivity index (χ3n) is 1.58. The van der Waals surface area contributed by atoms with Gasteiger partial charge in [-0.1, -0.05) is 0 Å². The van der Waals surface area contributed by atoms with Crippen LogP contribution in [-0.4, -0.2) is 30.9 Å². The number of methoxy groups -OCH3 is 1. The zero-order chi connectivity index (χ0) is 10.4. The number of benzene rings is 1. The van der Waals surface area contributed by atoms with E-state index in [1.165, 1.54) is 6.21 Å². The van der Waals surface area contributed by atoms with E-state index in [1.54, 1.807) is 19.2 Å². The largest absolute Gasteiger partial charge is 0.497 e. The van der Waals surface area contributed by atoms with Crippen LogP contribution in [0.3, 0.4) is 0 Å². The predicted octanol–water partition coefficient (Wildman–Crippen LogP) is 1.20. The van der Waals surface area contributed by atoms with Crippen LogP contribution in [0.25, 0.3) is 0 Å². The second-order valence-corrected chi connectivity index (χ2v) is 2.64. The highest BCUT2D eigenvalue weighted by Crippen LogP contribution is 2.09. The number of carbonyl (C=O) groups is 1. The summed E-state index contributed by atoms with van der Waals surface area (Å²) in [5.41, 5.74) is 0.854. The quantitative estimate of drug-likeness (QED) is 0.731. The van der Waals surface area contributed by atoms with Gasteiger partial charge in [0.05, 0.1) is 7.11 Å². The summed E-state index contributed by atoms with van der Waals surface area (Å²) < 4.78 is 4.97. The lowest BCUT2D eigenvalue weighted by molar-refractivity contribution is -0.135. The first kappa shape index (κ1) is 10.2. The fourth-order valence-corrected chi connectivity index (χ4v) is 0.919. The van der Waals surface area contributed by atoms with Gasteiger partial charge in [-0.3, -0.25) is 9.79 Å². The van der Waals surface area contributed by atoms with Gasteiger partial charge in [0, 0.05) is 6.21 Å². The van der Waals surface area contributed by atoms with Gasteiger partial charge in [0.15, 0.2) is 0 Å². The Bertz CT molecular complexity index is 330. The van der Waals surface area contributed by atoms with Gasteiger partial charge >= 0.3 is 5.97 Å². The fraction of sp³-hybridized carbons (Fsp3) is 0.200. The number of rotatable bonds is 4. The number of aliphatic imine (C=N–C) groups is 1. The molecule has 0 bridgehead atoms. The molecule has 4 heteroatoms. The molecule has 0 unspecified atom stereocenters. The van der Waals surface area contributed by atoms with Crippen LogP contribution in [0.5, 0.6) is 5.75 Å². The maximum atomic E-state index is 10.2. The number of ether oxygens (including phenoxy) is 1. The summed E-state index contributed by atoms with van der Waals surface area (Å²) in [6, 6.07) is 7.21. The number of aliphatic carboxylic acids is 1. The minimum Gasteiger partial charge on any atom is -0.497 e. The molecule has 74 valence electrons. The standard InChI is InChI=1S/C10H11NO3/c1-14-9-4-2-8(3-5-9)6-11-7-10(12)13/h2-6H,7H2,1H3,(H,12,13). The van der Waals surface area contributed by atoms with Crippen molar-refractivity contribution in [2.75, 3.05) is 13.7 Å². The molecule has 0 saturated carbocycles. The van der Waals surface area contributed by atoms with E-state index in [4.69, 9.17) is 9.84 Å². The average Bonchev–Trinajstić information content (AvgIpc) is 2.18. The first-order valence-corrected chi connectivity index (χ1v) is 4.08. The van der Waals surface area contributed by atoms with Gasteiger partial charge < -0.3 is 9.84 Å². The van der Waals surface area contributed by atoms with Crippen LogP contribution >= 0.6 is 0 Å². The summed E-state index contributed by atoms with van der Waals surface area (Å²) in [5.74, 6) is -0.171. The van der Waals surface area contributed by atoms with Crippen molar-refractivity contribution in [3.8, 4) is 5.75 Å². The van der Waals surface area contributed by atoms with E-state index in [0.29, 0.717) is 0 Å². The van der Waals surface area contributed by atoms with Gasteiger partial charge in [0.2, 0.25) is 0 Å². The molecule has 4 nitrogen and oxygen atoms in total. The van der Waals surface area contributed by atoms with E-state index in [1.807, 2.05) is 12.1 Å². The lowest BCUT2D eigenvalue weighted by Gasteiger charge is -1.98. The Balaban J connectivity index is 2.59. The number of hydrogen-bond acceptors (Lipinski definition) is 3. The first-order valence-electron chi connectivity index (χ1n) is 4.08. The maximum absolute atomic E-state index is 10.2. The summed E-state index contributed by atoms with van der Waals surface area (Å²) in [6.45, 7) is -0.202. The SMILES string of the molecule is COc1ccc(C=NCC(=O)O)cc1. The van der Waals surface area contributed by atoms with Gasteiger partial charge in [0.1, 0.15) is 12.3 Å². The van der Waals surface area contributed by atoms with E-state index in [0.717, 1.165) is 11.3 Å². The van der Waals surface area contributed by atoms with Crippen LogP contribution in [0.4, 0.5) is 0 Å². The van der Waals surface area contributed by atoms with E-state index < -0.39 is 5.97 Å². The average molecular weight is 193 g/mol. The Kier molecular flexibility index (Phi) is 3.67. The normalized spacial score (nSPS) is 10.4. The fourth-order valence-electron chi connectivity index (χ4n) is 0.919. The van der Waals surface area contributed by atoms with Gasteiger partial charge in [0.25, 0.3) is 0 Å². The molecular weight excluding hydrogens is 182 g/mol. The van der Waals surface area contributed by atoms with Crippen LogP contribution in [0, 0.1) is 0 Å². The van der Waals surface area contributed by atoms with E-state index in [2.05, 4.69) is 4.99 Å². The van der Waals surface area contributed by atoms with Crippen molar-refractivity contribution in [3.63, 3.8) is 0 Å². The second kappa shape index (κ2) is 5.01. The molecule has 0 heterocycles. The number of carboxylic acid groups (broad SMARTS) is 1. The number of carboxylic acids is 1. The first-order chi connectivity index (χ1) is 6.72. The minimum atomic E-state index is -0.935. The molecule has 0 spiro atoms. The van der Waals surface area contributed by atoms with Crippen molar-refractivity contribution < 1.29 is 14.6 Å². The molecular formula is C10H11NO3. The van der Waals surface area contributed by atoms with Gasteiger partial charge in [-0.25, -0.2) is 0 Å². The van der Waals surface area contributed by atoms with E-state index in [-0.39, 0.29) is 6.54 Å². The van der Waals surface area contributed by atoms with Crippen molar-refractivity contribution in [2.24, 2.45) is 4.99 Å². The van der Waals surface area contributed by atoms with Crippen LogP contribution in [0.15, 0.2) is 29.3 Å². The Morgan fingerprint density at radius 3 is 2.64 bits per heavy atom. The Morgan fingerprint density at radius 1 is 1.50 bits per heavy atom. The Labute approximate surface area is 81.9 Å². The van der Waals surface area contributed by atoms with Gasteiger partial charge in [-0.15, -0.1) is 0 Å². The lowest BCUT2D eigenvalue weighted by Crippen LogP contribution is -1.99. The molecule has 1 aromatic carbocycles. The summed E-state index contributed by atoms with van der Waals surface area (Å²) in [7, 11) is 1.59. The second-order valence-electron chi connectivity index (χ2n) is 2.64. The van der Waals surface area contributed by atoms with E-state index in [9.17, 15) is 4.79 Å². The Hall–Kier alpha value is -1.84. The molecule has 1 aromatic rings. The summed E-state index contributed by atoms with van der Waals surface area (Å²) in [4.78, 5) is 13.9. The van der Waals surface area contributed by atoms with Crippen molar-refractivity contribution in [1.82, 2.24) is 0 Å². The lowest BCUT2D eigenvalue weighted by atomic mass is 10.2. The molecule has 0 amide bonds. The Morgan fingerprint density at radius 2 is 2.14 bits per heavy atom. The van der Waals surface area contributed by atoms with Gasteiger partial charge in [-0.2, -0.15) is 0 Å². The van der Waals surface area contributed by atoms with Crippen molar-refractivity contribution in [3.05, 3.63) is 29.8 Å². The zero-order valence-electron chi connectivity index (χ0n) is 7.80. The molecule has 14 heavy (non-hydrogen) atoms. The monoisotopic (exact) mass is 193 g/mol. The number of nitrogens with zero attached hydrogens (tertiary/aromatic N) is 1. The third kappa shape index (κ3) is 3.26. The highest BCUT2D eigenvalue weighted by molar-refractivity contribution is 5.82. The molecule has 0 aliphatic heterocycles. The van der Waals surface area contributed by atoms with Crippen molar-refractivity contribution in [1.29, 1.82) is 0 Å². The van der Waals surface area contributed by atoms with E-state index >= 15 is 0 Å².